The zero-order valence-corrected chi connectivity index (χ0v) is 13.2. The largest absolute Gasteiger partial charge is 0.496 e. The maximum Gasteiger partial charge on any atom is 0.122 e. The quantitative estimate of drug-likeness (QED) is 0.858. The number of anilines is 1. The van der Waals surface area contributed by atoms with Crippen LogP contribution in [0, 0.1) is 26.7 Å². The highest BCUT2D eigenvalue weighted by atomic mass is 16.5. The molecule has 19 heavy (non-hydrogen) atoms. The second-order valence-electron chi connectivity index (χ2n) is 5.38. The fraction of sp³-hybridized carbons (Fsp3) is 0.625. The van der Waals surface area contributed by atoms with Crippen LogP contribution >= 0.6 is 0 Å². The number of hydrogen-bond donors (Lipinski definition) is 1. The standard InChI is InChI=1S/C16H28N2O/c1-7-14(9-17)10-18(5)16-11(2)8-15(19-6)12(3)13(16)4/h8,14H,7,9-10,17H2,1-6H3. The highest BCUT2D eigenvalue weighted by Crippen LogP contribution is 2.33. The molecule has 0 bridgehead atoms. The fourth-order valence-electron chi connectivity index (χ4n) is 2.68. The molecule has 0 heterocycles. The molecule has 0 saturated heterocycles. The van der Waals surface area contributed by atoms with Crippen LogP contribution < -0.4 is 15.4 Å². The van der Waals surface area contributed by atoms with E-state index >= 15 is 0 Å². The Labute approximate surface area is 117 Å². The third-order valence-electron chi connectivity index (χ3n) is 4.05. The van der Waals surface area contributed by atoms with Gasteiger partial charge in [0.2, 0.25) is 0 Å². The van der Waals surface area contributed by atoms with Crippen LogP contribution in [-0.2, 0) is 0 Å². The van der Waals surface area contributed by atoms with Crippen LogP contribution in [0.2, 0.25) is 0 Å². The molecule has 1 unspecified atom stereocenters. The summed E-state index contributed by atoms with van der Waals surface area (Å²) in [5.41, 5.74) is 10.9. The first-order valence-corrected chi connectivity index (χ1v) is 7.02. The molecule has 0 saturated carbocycles. The van der Waals surface area contributed by atoms with Crippen LogP contribution in [0.15, 0.2) is 6.07 Å². The van der Waals surface area contributed by atoms with Gasteiger partial charge in [0.25, 0.3) is 0 Å². The number of nitrogens with two attached hydrogens (primary N) is 1. The summed E-state index contributed by atoms with van der Waals surface area (Å²) in [5, 5.41) is 0. The number of rotatable bonds is 6. The Morgan fingerprint density at radius 2 is 1.89 bits per heavy atom. The predicted octanol–water partition coefficient (Wildman–Crippen LogP) is 3.04. The Balaban J connectivity index is 3.09. The van der Waals surface area contributed by atoms with Crippen LogP contribution in [0.4, 0.5) is 5.69 Å². The number of benzene rings is 1. The number of aryl methyl sites for hydroxylation is 1. The van der Waals surface area contributed by atoms with Crippen molar-refractivity contribution in [3.63, 3.8) is 0 Å². The zero-order chi connectivity index (χ0) is 14.6. The van der Waals surface area contributed by atoms with E-state index in [1.165, 1.54) is 22.4 Å². The maximum atomic E-state index is 5.81. The molecule has 108 valence electrons. The van der Waals surface area contributed by atoms with Gasteiger partial charge in [0.15, 0.2) is 0 Å². The van der Waals surface area contributed by atoms with Gasteiger partial charge in [0.05, 0.1) is 7.11 Å². The highest BCUT2D eigenvalue weighted by molar-refractivity contribution is 5.64. The Morgan fingerprint density at radius 1 is 1.26 bits per heavy atom. The van der Waals surface area contributed by atoms with Crippen molar-refractivity contribution in [3.8, 4) is 5.75 Å². The van der Waals surface area contributed by atoms with E-state index < -0.39 is 0 Å². The second kappa shape index (κ2) is 6.80. The molecule has 0 spiro atoms. The van der Waals surface area contributed by atoms with E-state index in [1.807, 2.05) is 0 Å². The lowest BCUT2D eigenvalue weighted by atomic mass is 10.00. The van der Waals surface area contributed by atoms with Gasteiger partial charge in [-0.3, -0.25) is 0 Å². The monoisotopic (exact) mass is 264 g/mol. The van der Waals surface area contributed by atoms with Gasteiger partial charge in [0.1, 0.15) is 5.75 Å². The molecular formula is C16H28N2O. The number of hydrogen-bond acceptors (Lipinski definition) is 3. The van der Waals surface area contributed by atoms with Crippen molar-refractivity contribution < 1.29 is 4.74 Å². The molecule has 0 aliphatic carbocycles. The minimum absolute atomic E-state index is 0.547. The van der Waals surface area contributed by atoms with Crippen molar-refractivity contribution in [2.45, 2.75) is 34.1 Å². The van der Waals surface area contributed by atoms with Crippen LogP contribution in [0.3, 0.4) is 0 Å². The van der Waals surface area contributed by atoms with Crippen molar-refractivity contribution in [1.82, 2.24) is 0 Å². The smallest absolute Gasteiger partial charge is 0.122 e. The molecule has 3 nitrogen and oxygen atoms in total. The Morgan fingerprint density at radius 3 is 2.37 bits per heavy atom. The molecule has 1 aromatic rings. The van der Waals surface area contributed by atoms with Crippen molar-refractivity contribution in [3.05, 3.63) is 22.8 Å². The minimum atomic E-state index is 0.547. The van der Waals surface area contributed by atoms with Gasteiger partial charge in [0, 0.05) is 19.3 Å². The first-order chi connectivity index (χ1) is 8.96. The van der Waals surface area contributed by atoms with E-state index in [0.29, 0.717) is 5.92 Å². The molecule has 0 aliphatic rings. The summed E-state index contributed by atoms with van der Waals surface area (Å²) < 4.78 is 5.43. The molecule has 2 N–H and O–H groups in total. The number of methoxy groups -OCH3 is 1. The lowest BCUT2D eigenvalue weighted by Crippen LogP contribution is -2.30. The lowest BCUT2D eigenvalue weighted by Gasteiger charge is -2.28. The van der Waals surface area contributed by atoms with Crippen LogP contribution in [0.25, 0.3) is 0 Å². The molecule has 3 heteroatoms. The van der Waals surface area contributed by atoms with Gasteiger partial charge in [-0.2, -0.15) is 0 Å². The number of nitrogens with zero attached hydrogens (tertiary/aromatic N) is 1. The van der Waals surface area contributed by atoms with E-state index in [2.05, 4.69) is 45.7 Å². The zero-order valence-electron chi connectivity index (χ0n) is 13.2. The van der Waals surface area contributed by atoms with E-state index in [0.717, 1.165) is 25.3 Å². The van der Waals surface area contributed by atoms with E-state index in [1.54, 1.807) is 7.11 Å². The van der Waals surface area contributed by atoms with Gasteiger partial charge in [-0.25, -0.2) is 0 Å². The van der Waals surface area contributed by atoms with Crippen LogP contribution in [-0.4, -0.2) is 27.2 Å². The molecule has 1 rings (SSSR count). The Hall–Kier alpha value is -1.22. The minimum Gasteiger partial charge on any atom is -0.496 e. The summed E-state index contributed by atoms with van der Waals surface area (Å²) >= 11 is 0. The van der Waals surface area contributed by atoms with Crippen molar-refractivity contribution in [2.24, 2.45) is 11.7 Å². The summed E-state index contributed by atoms with van der Waals surface area (Å²) in [6, 6.07) is 2.12. The fourth-order valence-corrected chi connectivity index (χ4v) is 2.68. The third-order valence-corrected chi connectivity index (χ3v) is 4.05. The molecule has 0 radical (unpaired) electrons. The molecule has 0 aromatic heterocycles. The van der Waals surface area contributed by atoms with E-state index in [-0.39, 0.29) is 0 Å². The maximum absolute atomic E-state index is 5.81. The lowest BCUT2D eigenvalue weighted by molar-refractivity contribution is 0.411. The first kappa shape index (κ1) is 15.8. The predicted molar refractivity (Wildman–Crippen MR) is 83.3 cm³/mol. The van der Waals surface area contributed by atoms with Gasteiger partial charge in [-0.15, -0.1) is 0 Å². The van der Waals surface area contributed by atoms with Gasteiger partial charge in [-0.1, -0.05) is 13.3 Å². The third kappa shape index (κ3) is 3.41. The molecular weight excluding hydrogens is 236 g/mol. The average Bonchev–Trinajstić information content (AvgIpc) is 2.40. The average molecular weight is 264 g/mol. The van der Waals surface area contributed by atoms with E-state index in [9.17, 15) is 0 Å². The molecule has 0 amide bonds. The SMILES string of the molecule is CCC(CN)CN(C)c1c(C)cc(OC)c(C)c1C. The van der Waals surface area contributed by atoms with Crippen molar-refractivity contribution >= 4 is 5.69 Å². The van der Waals surface area contributed by atoms with E-state index in [4.69, 9.17) is 10.5 Å². The summed E-state index contributed by atoms with van der Waals surface area (Å²) in [6.07, 6.45) is 1.12. The molecule has 0 aliphatic heterocycles. The normalized spacial score (nSPS) is 12.4. The summed E-state index contributed by atoms with van der Waals surface area (Å²) in [5.74, 6) is 1.52. The first-order valence-electron chi connectivity index (χ1n) is 7.02. The van der Waals surface area contributed by atoms with Crippen molar-refractivity contribution in [2.75, 3.05) is 32.1 Å². The molecule has 1 aromatic carbocycles. The Kier molecular flexibility index (Phi) is 5.67. The summed E-state index contributed by atoms with van der Waals surface area (Å²) in [4.78, 5) is 2.33. The molecule has 1 atom stereocenters. The van der Waals surface area contributed by atoms with Crippen LogP contribution in [0.1, 0.15) is 30.0 Å². The summed E-state index contributed by atoms with van der Waals surface area (Å²) in [7, 11) is 3.88. The second-order valence-corrected chi connectivity index (χ2v) is 5.38. The molecule has 0 fully saturated rings. The van der Waals surface area contributed by atoms with Crippen molar-refractivity contribution in [1.29, 1.82) is 0 Å². The van der Waals surface area contributed by atoms with Gasteiger partial charge >= 0.3 is 0 Å². The number of ether oxygens (including phenoxy) is 1. The topological polar surface area (TPSA) is 38.5 Å². The highest BCUT2D eigenvalue weighted by Gasteiger charge is 2.16. The van der Waals surface area contributed by atoms with Gasteiger partial charge < -0.3 is 15.4 Å². The summed E-state index contributed by atoms with van der Waals surface area (Å²) in [6.45, 7) is 10.4. The van der Waals surface area contributed by atoms with Crippen LogP contribution in [0.5, 0.6) is 5.75 Å². The van der Waals surface area contributed by atoms with Gasteiger partial charge in [-0.05, 0) is 56.0 Å². The Bertz CT molecular complexity index is 425.